The molecule has 2 aromatic rings. The van der Waals surface area contributed by atoms with Crippen LogP contribution in [0.4, 0.5) is 5.69 Å². The first kappa shape index (κ1) is 10.9. The van der Waals surface area contributed by atoms with Crippen molar-refractivity contribution < 1.29 is 4.79 Å². The fourth-order valence-electron chi connectivity index (χ4n) is 2.42. The standard InChI is InChI=1S/C12H13N5O/c1-8-4-2-5-9-6-3-7-17(10(8)9)12(18)11-13-15-16-14-11/h2,4-5H,3,6-7H2,1H3,(H,13,14,15,16). The Morgan fingerprint density at radius 1 is 1.44 bits per heavy atom. The summed E-state index contributed by atoms with van der Waals surface area (Å²) in [6, 6.07) is 6.11. The molecule has 0 fully saturated rings. The number of hydrogen-bond donors (Lipinski definition) is 1. The second-order valence-electron chi connectivity index (χ2n) is 4.38. The summed E-state index contributed by atoms with van der Waals surface area (Å²) < 4.78 is 0. The summed E-state index contributed by atoms with van der Waals surface area (Å²) in [4.78, 5) is 14.1. The Labute approximate surface area is 104 Å². The van der Waals surface area contributed by atoms with Crippen molar-refractivity contribution in [2.24, 2.45) is 0 Å². The molecule has 6 nitrogen and oxygen atoms in total. The lowest BCUT2D eigenvalue weighted by Gasteiger charge is -2.30. The monoisotopic (exact) mass is 243 g/mol. The van der Waals surface area contributed by atoms with E-state index in [2.05, 4.69) is 26.7 Å². The van der Waals surface area contributed by atoms with Gasteiger partial charge in [0.05, 0.1) is 5.69 Å². The number of benzene rings is 1. The van der Waals surface area contributed by atoms with E-state index in [0.717, 1.165) is 24.1 Å². The van der Waals surface area contributed by atoms with Gasteiger partial charge >= 0.3 is 0 Å². The summed E-state index contributed by atoms with van der Waals surface area (Å²) in [5.41, 5.74) is 3.31. The van der Waals surface area contributed by atoms with Crippen LogP contribution in [0.1, 0.15) is 28.2 Å². The summed E-state index contributed by atoms with van der Waals surface area (Å²) in [7, 11) is 0. The van der Waals surface area contributed by atoms with Crippen LogP contribution < -0.4 is 4.90 Å². The topological polar surface area (TPSA) is 74.8 Å². The average molecular weight is 243 g/mol. The molecule has 2 heterocycles. The Hall–Kier alpha value is -2.24. The summed E-state index contributed by atoms with van der Waals surface area (Å²) in [5, 5.41) is 13.3. The predicted octanol–water partition coefficient (Wildman–Crippen LogP) is 1.10. The number of amides is 1. The number of nitrogens with one attached hydrogen (secondary N) is 1. The molecule has 1 aromatic heterocycles. The van der Waals surface area contributed by atoms with Crippen molar-refractivity contribution in [3.63, 3.8) is 0 Å². The van der Waals surface area contributed by atoms with Gasteiger partial charge in [0.2, 0.25) is 0 Å². The van der Waals surface area contributed by atoms with E-state index in [1.165, 1.54) is 5.56 Å². The van der Waals surface area contributed by atoms with E-state index in [-0.39, 0.29) is 11.7 Å². The third-order valence-corrected chi connectivity index (χ3v) is 3.20. The first-order valence-electron chi connectivity index (χ1n) is 5.91. The van der Waals surface area contributed by atoms with Gasteiger partial charge in [0.25, 0.3) is 11.7 Å². The molecule has 18 heavy (non-hydrogen) atoms. The minimum absolute atomic E-state index is 0.117. The third-order valence-electron chi connectivity index (χ3n) is 3.20. The van der Waals surface area contributed by atoms with E-state index < -0.39 is 0 Å². The lowest BCUT2D eigenvalue weighted by molar-refractivity contribution is 0.0975. The minimum Gasteiger partial charge on any atom is -0.305 e. The van der Waals surface area contributed by atoms with Crippen molar-refractivity contribution in [1.82, 2.24) is 20.6 Å². The summed E-state index contributed by atoms with van der Waals surface area (Å²) in [5.74, 6) is -0.0786. The zero-order valence-corrected chi connectivity index (χ0v) is 10.1. The van der Waals surface area contributed by atoms with Crippen molar-refractivity contribution in [3.8, 4) is 0 Å². The number of tetrazole rings is 1. The predicted molar refractivity (Wildman–Crippen MR) is 65.4 cm³/mol. The number of H-pyrrole nitrogens is 1. The Kier molecular flexibility index (Phi) is 2.55. The molecule has 0 unspecified atom stereocenters. The molecule has 0 radical (unpaired) electrons. The molecule has 1 N–H and O–H groups in total. The van der Waals surface area contributed by atoms with Crippen LogP contribution in [0.15, 0.2) is 18.2 Å². The van der Waals surface area contributed by atoms with E-state index in [4.69, 9.17) is 0 Å². The maximum absolute atomic E-state index is 12.3. The maximum Gasteiger partial charge on any atom is 0.299 e. The second-order valence-corrected chi connectivity index (χ2v) is 4.38. The molecule has 1 aliphatic heterocycles. The van der Waals surface area contributed by atoms with Gasteiger partial charge in [-0.3, -0.25) is 4.79 Å². The number of rotatable bonds is 1. The smallest absolute Gasteiger partial charge is 0.299 e. The molecular formula is C12H13N5O. The number of nitrogens with zero attached hydrogens (tertiary/aromatic N) is 4. The van der Waals surface area contributed by atoms with Crippen molar-refractivity contribution in [2.45, 2.75) is 19.8 Å². The Morgan fingerprint density at radius 2 is 2.33 bits per heavy atom. The molecule has 1 aliphatic rings. The van der Waals surface area contributed by atoms with E-state index >= 15 is 0 Å². The Bertz CT molecular complexity index is 578. The first-order valence-corrected chi connectivity index (χ1v) is 5.91. The van der Waals surface area contributed by atoms with Gasteiger partial charge in [0.15, 0.2) is 0 Å². The fraction of sp³-hybridized carbons (Fsp3) is 0.333. The summed E-state index contributed by atoms with van der Waals surface area (Å²) >= 11 is 0. The van der Waals surface area contributed by atoms with Gasteiger partial charge in [-0.1, -0.05) is 18.2 Å². The Morgan fingerprint density at radius 3 is 3.11 bits per heavy atom. The lowest BCUT2D eigenvalue weighted by atomic mass is 9.98. The highest BCUT2D eigenvalue weighted by molar-refractivity contribution is 6.04. The minimum atomic E-state index is -0.195. The van der Waals surface area contributed by atoms with E-state index in [1.807, 2.05) is 19.1 Å². The van der Waals surface area contributed by atoms with Crippen molar-refractivity contribution >= 4 is 11.6 Å². The van der Waals surface area contributed by atoms with Crippen molar-refractivity contribution in [2.75, 3.05) is 11.4 Å². The molecule has 0 bridgehead atoms. The molecule has 0 saturated heterocycles. The number of para-hydroxylation sites is 1. The van der Waals surface area contributed by atoms with Crippen molar-refractivity contribution in [1.29, 1.82) is 0 Å². The number of aryl methyl sites for hydroxylation is 2. The van der Waals surface area contributed by atoms with Gasteiger partial charge in [-0.25, -0.2) is 0 Å². The van der Waals surface area contributed by atoms with Gasteiger partial charge < -0.3 is 4.90 Å². The van der Waals surface area contributed by atoms with E-state index in [1.54, 1.807) is 4.90 Å². The number of aromatic nitrogens is 4. The number of carbonyl (C=O) groups is 1. The van der Waals surface area contributed by atoms with Gasteiger partial charge in [-0.15, -0.1) is 10.2 Å². The molecule has 0 atom stereocenters. The number of hydrogen-bond acceptors (Lipinski definition) is 4. The number of fused-ring (bicyclic) bond motifs is 1. The molecule has 3 rings (SSSR count). The van der Waals surface area contributed by atoms with E-state index in [9.17, 15) is 4.79 Å². The number of aromatic amines is 1. The number of carbonyl (C=O) groups excluding carboxylic acids is 1. The highest BCUT2D eigenvalue weighted by Crippen LogP contribution is 2.31. The SMILES string of the molecule is Cc1cccc2c1N(C(=O)c1nn[nH]n1)CCC2. The molecule has 1 amide bonds. The molecule has 0 aliphatic carbocycles. The van der Waals surface area contributed by atoms with Gasteiger partial charge in [-0.05, 0) is 36.1 Å². The molecule has 1 aromatic carbocycles. The van der Waals surface area contributed by atoms with Crippen LogP contribution in [0, 0.1) is 6.92 Å². The fourth-order valence-corrected chi connectivity index (χ4v) is 2.42. The summed E-state index contributed by atoms with van der Waals surface area (Å²) in [6.07, 6.45) is 1.97. The largest absolute Gasteiger partial charge is 0.305 e. The second kappa shape index (κ2) is 4.21. The van der Waals surface area contributed by atoms with Crippen LogP contribution in [0.3, 0.4) is 0 Å². The number of anilines is 1. The first-order chi connectivity index (χ1) is 8.77. The highest BCUT2D eigenvalue weighted by atomic mass is 16.2. The van der Waals surface area contributed by atoms with Crippen molar-refractivity contribution in [3.05, 3.63) is 35.2 Å². The molecule has 0 saturated carbocycles. The van der Waals surface area contributed by atoms with Gasteiger partial charge in [0.1, 0.15) is 0 Å². The third kappa shape index (κ3) is 1.66. The average Bonchev–Trinajstić information content (AvgIpc) is 2.91. The van der Waals surface area contributed by atoms with Crippen LogP contribution in [0.25, 0.3) is 0 Å². The zero-order chi connectivity index (χ0) is 12.5. The molecule has 6 heteroatoms. The van der Waals surface area contributed by atoms with Crippen LogP contribution in [0.2, 0.25) is 0 Å². The normalized spacial score (nSPS) is 14.4. The maximum atomic E-state index is 12.3. The quantitative estimate of drug-likeness (QED) is 0.813. The van der Waals surface area contributed by atoms with Crippen LogP contribution in [-0.2, 0) is 6.42 Å². The summed E-state index contributed by atoms with van der Waals surface area (Å²) in [6.45, 7) is 2.71. The molecular weight excluding hydrogens is 230 g/mol. The zero-order valence-electron chi connectivity index (χ0n) is 10.1. The Balaban J connectivity index is 2.04. The lowest BCUT2D eigenvalue weighted by Crippen LogP contribution is -2.36. The van der Waals surface area contributed by atoms with Crippen LogP contribution in [-0.4, -0.2) is 33.1 Å². The molecule has 92 valence electrons. The van der Waals surface area contributed by atoms with Crippen LogP contribution in [0.5, 0.6) is 0 Å². The highest BCUT2D eigenvalue weighted by Gasteiger charge is 2.27. The van der Waals surface area contributed by atoms with Gasteiger partial charge in [-0.2, -0.15) is 5.21 Å². The molecule has 0 spiro atoms. The van der Waals surface area contributed by atoms with E-state index in [0.29, 0.717) is 6.54 Å². The van der Waals surface area contributed by atoms with Gasteiger partial charge in [0, 0.05) is 6.54 Å². The van der Waals surface area contributed by atoms with Crippen LogP contribution >= 0.6 is 0 Å².